The molecule has 0 radical (unpaired) electrons. The van der Waals surface area contributed by atoms with Gasteiger partial charge in [0.15, 0.2) is 0 Å². The Morgan fingerprint density at radius 2 is 0.807 bits per heavy atom. The molecule has 9 aromatic carbocycles. The van der Waals surface area contributed by atoms with Crippen LogP contribution in [0.15, 0.2) is 200 Å². The average molecular weight is 726 g/mol. The number of fused-ring (bicyclic) bond motifs is 15. The Balaban J connectivity index is 1.12. The maximum atomic E-state index is 2.52. The zero-order valence-corrected chi connectivity index (χ0v) is 32.0. The summed E-state index contributed by atoms with van der Waals surface area (Å²) in [6.45, 7) is 4.74. The largest absolute Gasteiger partial charge is 0.310 e. The summed E-state index contributed by atoms with van der Waals surface area (Å²) in [4.78, 5) is 2.48. The molecular formula is C56H39N. The molecule has 1 spiro atoms. The Hall–Kier alpha value is -6.96. The van der Waals surface area contributed by atoms with Crippen molar-refractivity contribution in [3.05, 3.63) is 234 Å². The molecule has 57 heavy (non-hydrogen) atoms. The topological polar surface area (TPSA) is 3.24 Å². The third kappa shape index (κ3) is 4.34. The lowest BCUT2D eigenvalue weighted by atomic mass is 9.69. The van der Waals surface area contributed by atoms with E-state index in [4.69, 9.17) is 0 Å². The van der Waals surface area contributed by atoms with Crippen molar-refractivity contribution in [2.24, 2.45) is 0 Å². The van der Waals surface area contributed by atoms with E-state index in [1.165, 1.54) is 88.7 Å². The number of rotatable bonds is 4. The van der Waals surface area contributed by atoms with Crippen LogP contribution in [0.1, 0.15) is 47.2 Å². The van der Waals surface area contributed by atoms with Crippen LogP contribution in [0.3, 0.4) is 0 Å². The maximum absolute atomic E-state index is 2.52. The molecule has 0 aliphatic heterocycles. The van der Waals surface area contributed by atoms with E-state index >= 15 is 0 Å². The molecule has 1 atom stereocenters. The molecular weight excluding hydrogens is 687 g/mol. The Morgan fingerprint density at radius 3 is 1.51 bits per heavy atom. The van der Waals surface area contributed by atoms with Gasteiger partial charge in [-0.15, -0.1) is 0 Å². The first kappa shape index (κ1) is 32.3. The van der Waals surface area contributed by atoms with Crippen molar-refractivity contribution in [3.63, 3.8) is 0 Å². The van der Waals surface area contributed by atoms with Crippen LogP contribution >= 0.6 is 0 Å². The summed E-state index contributed by atoms with van der Waals surface area (Å²) in [7, 11) is 0. The highest BCUT2D eigenvalue weighted by atomic mass is 15.1. The highest BCUT2D eigenvalue weighted by Gasteiger charge is 2.52. The quantitative estimate of drug-likeness (QED) is 0.175. The van der Waals surface area contributed by atoms with Gasteiger partial charge < -0.3 is 4.90 Å². The summed E-state index contributed by atoms with van der Waals surface area (Å²) in [5, 5.41) is 2.58. The lowest BCUT2D eigenvalue weighted by Gasteiger charge is -2.33. The average Bonchev–Trinajstić information content (AvgIpc) is 3.83. The minimum Gasteiger partial charge on any atom is -0.310 e. The zero-order valence-electron chi connectivity index (χ0n) is 32.0. The number of hydrogen-bond acceptors (Lipinski definition) is 1. The lowest BCUT2D eigenvalue weighted by molar-refractivity contribution is 0.660. The monoisotopic (exact) mass is 725 g/mol. The van der Waals surface area contributed by atoms with Crippen LogP contribution in [0.2, 0.25) is 0 Å². The molecule has 1 nitrogen and oxygen atoms in total. The fraction of sp³-hybridized carbons (Fsp3) is 0.0714. The van der Waals surface area contributed by atoms with E-state index in [0.717, 1.165) is 17.1 Å². The summed E-state index contributed by atoms with van der Waals surface area (Å²) in [6, 6.07) is 75.0. The molecule has 0 saturated carbocycles. The van der Waals surface area contributed by atoms with Crippen molar-refractivity contribution in [2.75, 3.05) is 4.90 Å². The van der Waals surface area contributed by atoms with Gasteiger partial charge >= 0.3 is 0 Å². The molecule has 0 saturated heterocycles. The summed E-state index contributed by atoms with van der Waals surface area (Å²) in [5.41, 5.74) is 21.4. The van der Waals surface area contributed by atoms with Crippen LogP contribution in [-0.2, 0) is 10.8 Å². The lowest BCUT2D eigenvalue weighted by Crippen LogP contribution is -2.26. The second-order valence-corrected chi connectivity index (χ2v) is 16.4. The zero-order chi connectivity index (χ0) is 37.9. The van der Waals surface area contributed by atoms with E-state index in [2.05, 4.69) is 219 Å². The van der Waals surface area contributed by atoms with Gasteiger partial charge in [0.2, 0.25) is 0 Å². The van der Waals surface area contributed by atoms with E-state index in [1.54, 1.807) is 0 Å². The van der Waals surface area contributed by atoms with Crippen molar-refractivity contribution in [2.45, 2.75) is 24.7 Å². The highest BCUT2D eigenvalue weighted by Crippen LogP contribution is 2.64. The van der Waals surface area contributed by atoms with E-state index in [1.807, 2.05) is 0 Å². The predicted octanol–water partition coefficient (Wildman–Crippen LogP) is 14.6. The van der Waals surface area contributed by atoms with Crippen molar-refractivity contribution in [1.29, 1.82) is 0 Å². The van der Waals surface area contributed by atoms with Gasteiger partial charge in [0.05, 0.1) is 5.41 Å². The standard InChI is InChI=1S/C56H39N/c1-55(2)49-21-11-8-18-43(49)46-32-29-40(34-52(46)55)57(39-27-24-37(25-28-39)36-14-4-3-5-15-36)41-30-33-47-44-19-9-12-22-50(44)56(53(47)35-41)51-23-13-10-20-45(51)48-31-26-38-16-6-7-17-42(38)54(48)56/h3-35H,1-2H3. The molecule has 0 fully saturated rings. The first-order chi connectivity index (χ1) is 28.0. The number of anilines is 3. The van der Waals surface area contributed by atoms with Gasteiger partial charge in [-0.1, -0.05) is 178 Å². The third-order valence-corrected chi connectivity index (χ3v) is 13.3. The fourth-order valence-corrected chi connectivity index (χ4v) is 10.8. The van der Waals surface area contributed by atoms with E-state index in [0.29, 0.717) is 0 Å². The summed E-state index contributed by atoms with van der Waals surface area (Å²) < 4.78 is 0. The molecule has 12 rings (SSSR count). The minimum absolute atomic E-state index is 0.118. The molecule has 1 heteroatoms. The molecule has 0 amide bonds. The van der Waals surface area contributed by atoms with E-state index in [-0.39, 0.29) is 5.41 Å². The van der Waals surface area contributed by atoms with Gasteiger partial charge in [-0.2, -0.15) is 0 Å². The SMILES string of the molecule is CC1(C)c2ccccc2-c2ccc(N(c3ccc(-c4ccccc4)cc3)c3ccc4c(c3)C3(c5ccccc5-4)c4ccccc4-c4ccc5ccccc5c43)cc21. The smallest absolute Gasteiger partial charge is 0.0732 e. The van der Waals surface area contributed by atoms with Crippen molar-refractivity contribution < 1.29 is 0 Å². The Morgan fingerprint density at radius 1 is 0.333 bits per heavy atom. The second-order valence-electron chi connectivity index (χ2n) is 16.4. The Kier molecular flexibility index (Phi) is 6.67. The Bertz CT molecular complexity index is 3080. The van der Waals surface area contributed by atoms with E-state index < -0.39 is 5.41 Å². The summed E-state index contributed by atoms with van der Waals surface area (Å²) in [6.07, 6.45) is 0. The first-order valence-electron chi connectivity index (χ1n) is 20.1. The summed E-state index contributed by atoms with van der Waals surface area (Å²) >= 11 is 0. The second kappa shape index (κ2) is 11.8. The van der Waals surface area contributed by atoms with Crippen LogP contribution in [0.4, 0.5) is 17.1 Å². The van der Waals surface area contributed by atoms with Crippen LogP contribution < -0.4 is 4.90 Å². The molecule has 268 valence electrons. The molecule has 0 bridgehead atoms. The van der Waals surface area contributed by atoms with Gasteiger partial charge in [-0.3, -0.25) is 0 Å². The first-order valence-corrected chi connectivity index (χ1v) is 20.1. The van der Waals surface area contributed by atoms with Crippen LogP contribution in [0.25, 0.3) is 55.3 Å². The highest BCUT2D eigenvalue weighted by molar-refractivity contribution is 6.04. The fourth-order valence-electron chi connectivity index (χ4n) is 10.8. The Labute approximate surface area is 334 Å². The van der Waals surface area contributed by atoms with Crippen LogP contribution in [-0.4, -0.2) is 0 Å². The normalized spacial score (nSPS) is 16.1. The molecule has 3 aliphatic carbocycles. The molecule has 9 aromatic rings. The van der Waals surface area contributed by atoms with Crippen molar-refractivity contribution in [1.82, 2.24) is 0 Å². The molecule has 0 N–H and O–H groups in total. The van der Waals surface area contributed by atoms with Crippen molar-refractivity contribution in [3.8, 4) is 44.5 Å². The van der Waals surface area contributed by atoms with Gasteiger partial charge in [0.25, 0.3) is 0 Å². The number of benzene rings is 9. The van der Waals surface area contributed by atoms with Crippen LogP contribution in [0.5, 0.6) is 0 Å². The van der Waals surface area contributed by atoms with E-state index in [9.17, 15) is 0 Å². The minimum atomic E-state index is -0.473. The van der Waals surface area contributed by atoms with Gasteiger partial charge in [-0.05, 0) is 125 Å². The number of nitrogens with zero attached hydrogens (tertiary/aromatic N) is 1. The maximum Gasteiger partial charge on any atom is 0.0732 e. The van der Waals surface area contributed by atoms with Gasteiger partial charge in [0, 0.05) is 22.5 Å². The van der Waals surface area contributed by atoms with Gasteiger partial charge in [-0.25, -0.2) is 0 Å². The molecule has 3 aliphatic rings. The number of hydrogen-bond donors (Lipinski definition) is 0. The molecule has 0 heterocycles. The summed E-state index contributed by atoms with van der Waals surface area (Å²) in [5.74, 6) is 0. The third-order valence-electron chi connectivity index (χ3n) is 13.3. The molecule has 1 unspecified atom stereocenters. The molecule has 0 aromatic heterocycles. The van der Waals surface area contributed by atoms with Gasteiger partial charge in [0.1, 0.15) is 0 Å². The van der Waals surface area contributed by atoms with Crippen molar-refractivity contribution >= 4 is 27.8 Å². The van der Waals surface area contributed by atoms with Crippen LogP contribution in [0, 0.1) is 0 Å². The predicted molar refractivity (Wildman–Crippen MR) is 238 cm³/mol.